The quantitative estimate of drug-likeness (QED) is 0.838. The van der Waals surface area contributed by atoms with Crippen LogP contribution in [-0.2, 0) is 0 Å². The van der Waals surface area contributed by atoms with Gasteiger partial charge < -0.3 is 10.2 Å². The van der Waals surface area contributed by atoms with Crippen molar-refractivity contribution >= 4 is 0 Å². The lowest BCUT2D eigenvalue weighted by atomic mass is 9.93. The van der Waals surface area contributed by atoms with Gasteiger partial charge in [-0.25, -0.2) is 0 Å². The van der Waals surface area contributed by atoms with Crippen LogP contribution in [0.15, 0.2) is 0 Å². The molecule has 2 saturated heterocycles. The van der Waals surface area contributed by atoms with Gasteiger partial charge in [0.25, 0.3) is 0 Å². The van der Waals surface area contributed by atoms with Crippen LogP contribution in [0.1, 0.15) is 58.3 Å². The van der Waals surface area contributed by atoms with Crippen LogP contribution in [-0.4, -0.2) is 37.1 Å². The van der Waals surface area contributed by atoms with Crippen molar-refractivity contribution in [1.82, 2.24) is 10.2 Å². The molecule has 0 aromatic carbocycles. The minimum atomic E-state index is 0.815. The van der Waals surface area contributed by atoms with Gasteiger partial charge in [0.1, 0.15) is 0 Å². The summed E-state index contributed by atoms with van der Waals surface area (Å²) in [5, 5.41) is 3.82. The first-order valence-corrected chi connectivity index (χ1v) is 8.82. The molecule has 2 aliphatic heterocycles. The fraction of sp³-hybridized carbons (Fsp3) is 1.00. The highest BCUT2D eigenvalue weighted by Gasteiger charge is 2.39. The third-order valence-electron chi connectivity index (χ3n) is 5.97. The van der Waals surface area contributed by atoms with Crippen LogP contribution in [0, 0.1) is 17.8 Å². The van der Waals surface area contributed by atoms with Crippen LogP contribution in [0.2, 0.25) is 0 Å². The van der Waals surface area contributed by atoms with Gasteiger partial charge in [0.05, 0.1) is 0 Å². The van der Waals surface area contributed by atoms with Crippen LogP contribution in [0.25, 0.3) is 0 Å². The highest BCUT2D eigenvalue weighted by molar-refractivity contribution is 4.95. The molecule has 1 N–H and O–H groups in total. The van der Waals surface area contributed by atoms with E-state index in [-0.39, 0.29) is 0 Å². The number of hydrogen-bond donors (Lipinski definition) is 1. The molecular formula is C17H32N2. The number of likely N-dealkylation sites (tertiary alicyclic amines) is 1. The average Bonchev–Trinajstić information content (AvgIpc) is 2.93. The summed E-state index contributed by atoms with van der Waals surface area (Å²) in [7, 11) is 0. The number of rotatable bonds is 4. The fourth-order valence-electron chi connectivity index (χ4n) is 4.89. The van der Waals surface area contributed by atoms with Gasteiger partial charge in [0.2, 0.25) is 0 Å². The normalized spacial score (nSPS) is 40.3. The van der Waals surface area contributed by atoms with E-state index in [2.05, 4.69) is 17.1 Å². The summed E-state index contributed by atoms with van der Waals surface area (Å²) in [6, 6.07) is 0.815. The third-order valence-corrected chi connectivity index (χ3v) is 5.97. The molecule has 0 amide bonds. The van der Waals surface area contributed by atoms with Crippen molar-refractivity contribution in [2.24, 2.45) is 17.8 Å². The first-order valence-electron chi connectivity index (χ1n) is 8.82. The Morgan fingerprint density at radius 2 is 2.00 bits per heavy atom. The Bertz CT molecular complexity index is 278. The average molecular weight is 264 g/mol. The van der Waals surface area contributed by atoms with E-state index in [9.17, 15) is 0 Å². The monoisotopic (exact) mass is 264 g/mol. The second kappa shape index (κ2) is 6.58. The van der Waals surface area contributed by atoms with Crippen molar-refractivity contribution in [2.75, 3.05) is 26.2 Å². The lowest BCUT2D eigenvalue weighted by Gasteiger charge is -2.27. The Labute approximate surface area is 119 Å². The molecule has 4 atom stereocenters. The number of hydrogen-bond acceptors (Lipinski definition) is 2. The predicted molar refractivity (Wildman–Crippen MR) is 81.3 cm³/mol. The molecule has 1 saturated carbocycles. The molecule has 3 rings (SSSR count). The van der Waals surface area contributed by atoms with E-state index in [0.29, 0.717) is 0 Å². The SMILES string of the molecule is CCCC1CCCN(CC2NCC3CCCC32)CC1. The zero-order valence-corrected chi connectivity index (χ0v) is 12.7. The minimum Gasteiger partial charge on any atom is -0.312 e. The van der Waals surface area contributed by atoms with Crippen LogP contribution in [0.5, 0.6) is 0 Å². The Hall–Kier alpha value is -0.0800. The first kappa shape index (κ1) is 13.9. The lowest BCUT2D eigenvalue weighted by molar-refractivity contribution is 0.230. The van der Waals surface area contributed by atoms with E-state index in [0.717, 1.165) is 23.8 Å². The molecular weight excluding hydrogens is 232 g/mol. The molecule has 0 aromatic rings. The summed E-state index contributed by atoms with van der Waals surface area (Å²) in [6.07, 6.45) is 11.7. The molecule has 3 aliphatic rings. The van der Waals surface area contributed by atoms with Crippen molar-refractivity contribution in [3.63, 3.8) is 0 Å². The molecule has 0 bridgehead atoms. The third kappa shape index (κ3) is 3.33. The second-order valence-electron chi connectivity index (χ2n) is 7.26. The fourth-order valence-corrected chi connectivity index (χ4v) is 4.89. The topological polar surface area (TPSA) is 15.3 Å². The van der Waals surface area contributed by atoms with Crippen molar-refractivity contribution in [3.05, 3.63) is 0 Å². The standard InChI is InChI=1S/C17H32N2/c1-2-5-14-6-4-10-19(11-9-14)13-17-16-8-3-7-15(16)12-18-17/h14-18H,2-13H2,1H3. The van der Waals surface area contributed by atoms with E-state index in [1.165, 1.54) is 77.5 Å². The van der Waals surface area contributed by atoms with E-state index in [1.54, 1.807) is 0 Å². The highest BCUT2D eigenvalue weighted by Crippen LogP contribution is 2.38. The molecule has 19 heavy (non-hydrogen) atoms. The van der Waals surface area contributed by atoms with Crippen molar-refractivity contribution in [1.29, 1.82) is 0 Å². The molecule has 110 valence electrons. The van der Waals surface area contributed by atoms with Gasteiger partial charge >= 0.3 is 0 Å². The van der Waals surface area contributed by atoms with Gasteiger partial charge in [-0.15, -0.1) is 0 Å². The van der Waals surface area contributed by atoms with Gasteiger partial charge in [-0.1, -0.05) is 26.2 Å². The number of fused-ring (bicyclic) bond motifs is 1. The van der Waals surface area contributed by atoms with Crippen LogP contribution in [0.3, 0.4) is 0 Å². The van der Waals surface area contributed by atoms with Gasteiger partial charge in [-0.2, -0.15) is 0 Å². The zero-order chi connectivity index (χ0) is 13.1. The van der Waals surface area contributed by atoms with Crippen molar-refractivity contribution < 1.29 is 0 Å². The Morgan fingerprint density at radius 3 is 2.89 bits per heavy atom. The molecule has 0 radical (unpaired) electrons. The molecule has 2 heteroatoms. The Kier molecular flexibility index (Phi) is 4.81. The van der Waals surface area contributed by atoms with Crippen LogP contribution < -0.4 is 5.32 Å². The van der Waals surface area contributed by atoms with Gasteiger partial charge in [0.15, 0.2) is 0 Å². The van der Waals surface area contributed by atoms with E-state index >= 15 is 0 Å². The predicted octanol–water partition coefficient (Wildman–Crippen LogP) is 3.28. The maximum absolute atomic E-state index is 3.82. The number of nitrogens with zero attached hydrogens (tertiary/aromatic N) is 1. The van der Waals surface area contributed by atoms with Crippen molar-refractivity contribution in [3.8, 4) is 0 Å². The second-order valence-corrected chi connectivity index (χ2v) is 7.26. The summed E-state index contributed by atoms with van der Waals surface area (Å²) in [5.41, 5.74) is 0. The zero-order valence-electron chi connectivity index (χ0n) is 12.7. The number of nitrogens with one attached hydrogen (secondary N) is 1. The summed E-state index contributed by atoms with van der Waals surface area (Å²) in [5.74, 6) is 3.05. The summed E-state index contributed by atoms with van der Waals surface area (Å²) >= 11 is 0. The largest absolute Gasteiger partial charge is 0.312 e. The summed E-state index contributed by atoms with van der Waals surface area (Å²) in [4.78, 5) is 2.77. The van der Waals surface area contributed by atoms with Gasteiger partial charge in [-0.3, -0.25) is 0 Å². The van der Waals surface area contributed by atoms with E-state index in [1.807, 2.05) is 0 Å². The van der Waals surface area contributed by atoms with Gasteiger partial charge in [0, 0.05) is 12.6 Å². The molecule has 4 unspecified atom stereocenters. The summed E-state index contributed by atoms with van der Waals surface area (Å²) < 4.78 is 0. The molecule has 3 fully saturated rings. The minimum absolute atomic E-state index is 0.815. The van der Waals surface area contributed by atoms with Gasteiger partial charge in [-0.05, 0) is 69.5 Å². The van der Waals surface area contributed by atoms with E-state index in [4.69, 9.17) is 0 Å². The first-order chi connectivity index (χ1) is 9.36. The summed E-state index contributed by atoms with van der Waals surface area (Å²) in [6.45, 7) is 7.70. The molecule has 2 heterocycles. The molecule has 0 aromatic heterocycles. The van der Waals surface area contributed by atoms with Crippen LogP contribution >= 0.6 is 0 Å². The molecule has 0 spiro atoms. The Morgan fingerprint density at radius 1 is 1.05 bits per heavy atom. The Balaban J connectivity index is 1.47. The van der Waals surface area contributed by atoms with Crippen LogP contribution in [0.4, 0.5) is 0 Å². The molecule has 2 nitrogen and oxygen atoms in total. The molecule has 1 aliphatic carbocycles. The smallest absolute Gasteiger partial charge is 0.0226 e. The van der Waals surface area contributed by atoms with E-state index < -0.39 is 0 Å². The maximum Gasteiger partial charge on any atom is 0.0226 e. The maximum atomic E-state index is 3.82. The lowest BCUT2D eigenvalue weighted by Crippen LogP contribution is -2.41. The highest BCUT2D eigenvalue weighted by atomic mass is 15.2. The van der Waals surface area contributed by atoms with Crippen molar-refractivity contribution in [2.45, 2.75) is 64.3 Å².